The van der Waals surface area contributed by atoms with Crippen LogP contribution in [-0.2, 0) is 14.9 Å². The predicted molar refractivity (Wildman–Crippen MR) is 120 cm³/mol. The number of alkyl halides is 3. The Morgan fingerprint density at radius 2 is 1.95 bits per heavy atom. The minimum Gasteiger partial charge on any atom is -0.478 e. The average molecular weight is 523 g/mol. The Hall–Kier alpha value is -3.68. The molecule has 0 spiro atoms. The SMILES string of the molecule is COc1nc(NC(=O)c2coc(C3CC3)n2)cn2cc(C34CCC(C)(C3)OC4)nc12.O=C(O)C(F)(F)F. The van der Waals surface area contributed by atoms with Crippen molar-refractivity contribution in [2.75, 3.05) is 19.0 Å². The highest BCUT2D eigenvalue weighted by molar-refractivity contribution is 6.02. The molecule has 0 aromatic carbocycles. The zero-order valence-electron chi connectivity index (χ0n) is 20.0. The third-order valence-corrected chi connectivity index (χ3v) is 6.85. The number of hydrogen-bond acceptors (Lipinski definition) is 8. The summed E-state index contributed by atoms with van der Waals surface area (Å²) in [5.41, 5.74) is 1.75. The average Bonchev–Trinajstić information content (AvgIpc) is 3.18. The lowest BCUT2D eigenvalue weighted by molar-refractivity contribution is -0.192. The van der Waals surface area contributed by atoms with Gasteiger partial charge in [-0.05, 0) is 39.0 Å². The van der Waals surface area contributed by atoms with E-state index in [9.17, 15) is 18.0 Å². The summed E-state index contributed by atoms with van der Waals surface area (Å²) in [4.78, 5) is 35.0. The van der Waals surface area contributed by atoms with Crippen LogP contribution in [0.1, 0.15) is 67.0 Å². The van der Waals surface area contributed by atoms with Crippen molar-refractivity contribution in [2.24, 2.45) is 0 Å². The Labute approximate surface area is 208 Å². The summed E-state index contributed by atoms with van der Waals surface area (Å²) < 4.78 is 50.5. The van der Waals surface area contributed by atoms with Gasteiger partial charge < -0.3 is 24.3 Å². The van der Waals surface area contributed by atoms with E-state index in [0.29, 0.717) is 35.8 Å². The number of fused-ring (bicyclic) bond motifs is 3. The molecular weight excluding hydrogens is 499 g/mol. The lowest BCUT2D eigenvalue weighted by atomic mass is 9.84. The molecule has 11 nitrogen and oxygen atoms in total. The molecule has 6 rings (SSSR count). The molecule has 3 aliphatic rings. The van der Waals surface area contributed by atoms with Crippen LogP contribution in [0.15, 0.2) is 23.1 Å². The number of oxazole rings is 1. The van der Waals surface area contributed by atoms with E-state index in [2.05, 4.69) is 22.2 Å². The zero-order valence-corrected chi connectivity index (χ0v) is 20.0. The lowest BCUT2D eigenvalue weighted by Gasteiger charge is -2.24. The second-order valence-electron chi connectivity index (χ2n) is 9.79. The number of methoxy groups -OCH3 is 1. The smallest absolute Gasteiger partial charge is 0.478 e. The number of amides is 1. The molecule has 14 heteroatoms. The maximum Gasteiger partial charge on any atom is 0.490 e. The third-order valence-electron chi connectivity index (χ3n) is 6.85. The summed E-state index contributed by atoms with van der Waals surface area (Å²) in [6, 6.07) is 0. The van der Waals surface area contributed by atoms with Crippen LogP contribution in [0.4, 0.5) is 19.0 Å². The van der Waals surface area contributed by atoms with Crippen LogP contribution in [0.25, 0.3) is 5.65 Å². The number of aromatic nitrogens is 4. The van der Waals surface area contributed by atoms with Gasteiger partial charge >= 0.3 is 12.1 Å². The maximum absolute atomic E-state index is 12.6. The fourth-order valence-corrected chi connectivity index (χ4v) is 4.76. The number of aliphatic carboxylic acids is 1. The van der Waals surface area contributed by atoms with Crippen LogP contribution >= 0.6 is 0 Å². The second kappa shape index (κ2) is 8.71. The molecule has 2 aliphatic carbocycles. The first-order valence-electron chi connectivity index (χ1n) is 11.6. The van der Waals surface area contributed by atoms with Gasteiger partial charge in [0.25, 0.3) is 11.8 Å². The summed E-state index contributed by atoms with van der Waals surface area (Å²) in [5.74, 6) is -1.43. The first kappa shape index (κ1) is 25.0. The standard InChI is InChI=1S/C21H23N5O4.C2HF3O2/c1-20-5-6-21(10-20,11-30-20)14-7-26-8-15(25-19(28-2)16(26)23-14)24-17(27)13-9-29-18(22-13)12-3-4-12;3-2(4,5)1(6)7/h7-9,12H,3-6,10-11H2,1-2H3,(H,24,27);(H,6,7). The number of nitrogens with zero attached hydrogens (tertiary/aromatic N) is 4. The number of carbonyl (C=O) groups excluding carboxylic acids is 1. The minimum atomic E-state index is -5.08. The van der Waals surface area contributed by atoms with Crippen molar-refractivity contribution in [3.63, 3.8) is 0 Å². The highest BCUT2D eigenvalue weighted by Gasteiger charge is 2.55. The minimum absolute atomic E-state index is 0.0474. The largest absolute Gasteiger partial charge is 0.490 e. The molecule has 2 saturated carbocycles. The van der Waals surface area contributed by atoms with Crippen LogP contribution in [0.2, 0.25) is 0 Å². The molecule has 198 valence electrons. The number of carboxylic acids is 1. The number of halogens is 3. The van der Waals surface area contributed by atoms with E-state index in [4.69, 9.17) is 28.8 Å². The summed E-state index contributed by atoms with van der Waals surface area (Å²) >= 11 is 0. The highest BCUT2D eigenvalue weighted by Crippen LogP contribution is 2.53. The van der Waals surface area contributed by atoms with Gasteiger partial charge in [0.1, 0.15) is 6.26 Å². The van der Waals surface area contributed by atoms with Crippen molar-refractivity contribution in [1.82, 2.24) is 19.4 Å². The van der Waals surface area contributed by atoms with Gasteiger partial charge in [-0.25, -0.2) is 14.8 Å². The summed E-state index contributed by atoms with van der Waals surface area (Å²) in [6.07, 6.45) is 5.24. The monoisotopic (exact) mass is 523 g/mol. The number of ether oxygens (including phenoxy) is 2. The number of rotatable bonds is 5. The molecule has 4 heterocycles. The van der Waals surface area contributed by atoms with Crippen molar-refractivity contribution in [2.45, 2.75) is 62.1 Å². The van der Waals surface area contributed by atoms with Crippen LogP contribution in [0.3, 0.4) is 0 Å². The van der Waals surface area contributed by atoms with Crippen molar-refractivity contribution < 1.29 is 41.8 Å². The van der Waals surface area contributed by atoms with Gasteiger partial charge in [-0.2, -0.15) is 18.2 Å². The highest BCUT2D eigenvalue weighted by atomic mass is 19.4. The second-order valence-corrected chi connectivity index (χ2v) is 9.79. The Morgan fingerprint density at radius 1 is 1.22 bits per heavy atom. The van der Waals surface area contributed by atoms with Crippen LogP contribution in [0.5, 0.6) is 5.88 Å². The molecule has 2 bridgehead atoms. The molecule has 1 saturated heterocycles. The normalized spacial score (nSPS) is 24.6. The van der Waals surface area contributed by atoms with E-state index in [1.807, 2.05) is 10.6 Å². The molecular formula is C23H24F3N5O6. The van der Waals surface area contributed by atoms with Crippen LogP contribution in [0, 0.1) is 0 Å². The number of carbonyl (C=O) groups is 2. The fraction of sp³-hybridized carbons (Fsp3) is 0.522. The Bertz CT molecular complexity index is 1350. The molecule has 37 heavy (non-hydrogen) atoms. The van der Waals surface area contributed by atoms with E-state index in [1.165, 1.54) is 6.26 Å². The lowest BCUT2D eigenvalue weighted by Crippen LogP contribution is -2.26. The Kier molecular flexibility index (Phi) is 5.89. The van der Waals surface area contributed by atoms with Crippen molar-refractivity contribution >= 4 is 23.3 Å². The van der Waals surface area contributed by atoms with Crippen molar-refractivity contribution in [3.05, 3.63) is 35.9 Å². The van der Waals surface area contributed by atoms with E-state index in [-0.39, 0.29) is 22.6 Å². The maximum atomic E-state index is 12.6. The van der Waals surface area contributed by atoms with Gasteiger partial charge in [-0.15, -0.1) is 0 Å². The summed E-state index contributed by atoms with van der Waals surface area (Å²) in [7, 11) is 1.55. The number of imidazole rings is 1. The number of hydrogen-bond donors (Lipinski definition) is 2. The number of nitrogens with one attached hydrogen (secondary N) is 1. The van der Waals surface area contributed by atoms with E-state index >= 15 is 0 Å². The van der Waals surface area contributed by atoms with Crippen molar-refractivity contribution in [3.8, 4) is 5.88 Å². The molecule has 1 aliphatic heterocycles. The summed E-state index contributed by atoms with van der Waals surface area (Å²) in [6.45, 7) is 2.86. The van der Waals surface area contributed by atoms with Crippen LogP contribution < -0.4 is 10.1 Å². The van der Waals surface area contributed by atoms with Gasteiger partial charge in [0.05, 0.1) is 31.2 Å². The van der Waals surface area contributed by atoms with Gasteiger partial charge in [0.2, 0.25) is 5.65 Å². The third kappa shape index (κ3) is 4.84. The predicted octanol–water partition coefficient (Wildman–Crippen LogP) is 3.70. The van der Waals surface area contributed by atoms with E-state index in [0.717, 1.165) is 37.8 Å². The quantitative estimate of drug-likeness (QED) is 0.512. The summed E-state index contributed by atoms with van der Waals surface area (Å²) in [5, 5.41) is 9.91. The van der Waals surface area contributed by atoms with Gasteiger partial charge in [-0.1, -0.05) is 0 Å². The Balaban J connectivity index is 0.000000355. The Morgan fingerprint density at radius 3 is 2.49 bits per heavy atom. The van der Waals surface area contributed by atoms with E-state index < -0.39 is 12.1 Å². The van der Waals surface area contributed by atoms with Gasteiger partial charge in [0, 0.05) is 17.5 Å². The topological polar surface area (TPSA) is 141 Å². The zero-order chi connectivity index (χ0) is 26.6. The molecule has 3 aromatic heterocycles. The van der Waals surface area contributed by atoms with Crippen LogP contribution in [-0.4, -0.2) is 61.8 Å². The molecule has 1 amide bonds. The van der Waals surface area contributed by atoms with Crippen molar-refractivity contribution in [1.29, 1.82) is 0 Å². The fourth-order valence-electron chi connectivity index (χ4n) is 4.76. The molecule has 3 fully saturated rings. The van der Waals surface area contributed by atoms with E-state index in [1.54, 1.807) is 13.3 Å². The van der Waals surface area contributed by atoms with Gasteiger partial charge in [0.15, 0.2) is 17.4 Å². The number of anilines is 1. The first-order valence-corrected chi connectivity index (χ1v) is 11.6. The number of carboxylic acid groups (broad SMARTS) is 1. The first-order chi connectivity index (χ1) is 17.4. The molecule has 2 N–H and O–H groups in total. The van der Waals surface area contributed by atoms with Gasteiger partial charge in [-0.3, -0.25) is 9.20 Å². The molecule has 3 aromatic rings. The molecule has 2 unspecified atom stereocenters. The molecule has 0 radical (unpaired) electrons. The molecule has 2 atom stereocenters.